The van der Waals surface area contributed by atoms with Gasteiger partial charge in [-0.05, 0) is 50.2 Å². The Balaban J connectivity index is 1.55. The van der Waals surface area contributed by atoms with E-state index in [0.717, 1.165) is 23.9 Å². The van der Waals surface area contributed by atoms with Crippen molar-refractivity contribution in [2.75, 3.05) is 17.7 Å². The van der Waals surface area contributed by atoms with Crippen molar-refractivity contribution in [1.82, 2.24) is 30.3 Å². The molecule has 0 atom stereocenters. The van der Waals surface area contributed by atoms with Gasteiger partial charge < -0.3 is 10.1 Å². The Morgan fingerprint density at radius 1 is 1.05 bits per heavy atom. The Labute approximate surface area is 229 Å². The van der Waals surface area contributed by atoms with Gasteiger partial charge in [-0.1, -0.05) is 35.2 Å². The SMILES string of the molecule is CCOc1ccc(-n2c(CNC(=O)c3ccccc3C(F)(F)F)nnc2SCC(=O)Nc2nnc(C)s2)cc1. The Kier molecular flexibility index (Phi) is 8.81. The Hall–Kier alpha value is -3.98. The standard InChI is InChI=1S/C24H22F3N7O3S2/c1-3-37-16-10-8-15(9-11-16)34-19(12-28-21(36)17-6-4-5-7-18(17)24(25,26)27)31-33-23(34)38-13-20(35)29-22-32-30-14(2)39-22/h4-11H,3,12-13H2,1-2H3,(H,28,36)(H,29,32,35). The first-order valence-corrected chi connectivity index (χ1v) is 13.3. The van der Waals surface area contributed by atoms with E-state index in [0.29, 0.717) is 33.3 Å². The van der Waals surface area contributed by atoms with Crippen LogP contribution in [0.25, 0.3) is 5.69 Å². The molecule has 4 rings (SSSR count). The number of aromatic nitrogens is 5. The number of benzene rings is 2. The Morgan fingerprint density at radius 2 is 1.79 bits per heavy atom. The average Bonchev–Trinajstić information content (AvgIpc) is 3.51. The molecule has 2 N–H and O–H groups in total. The van der Waals surface area contributed by atoms with E-state index < -0.39 is 23.2 Å². The van der Waals surface area contributed by atoms with Crippen LogP contribution in [0.3, 0.4) is 0 Å². The van der Waals surface area contributed by atoms with Gasteiger partial charge in [0.1, 0.15) is 10.8 Å². The minimum Gasteiger partial charge on any atom is -0.494 e. The maximum atomic E-state index is 13.4. The highest BCUT2D eigenvalue weighted by Gasteiger charge is 2.34. The predicted molar refractivity (Wildman–Crippen MR) is 139 cm³/mol. The van der Waals surface area contributed by atoms with Crippen LogP contribution in [0.1, 0.15) is 33.7 Å². The third kappa shape index (κ3) is 7.11. The summed E-state index contributed by atoms with van der Waals surface area (Å²) in [6.45, 7) is 3.88. The highest BCUT2D eigenvalue weighted by Crippen LogP contribution is 2.32. The van der Waals surface area contributed by atoms with Crippen LogP contribution in [-0.4, -0.2) is 49.1 Å². The second kappa shape index (κ2) is 12.3. The summed E-state index contributed by atoms with van der Waals surface area (Å²) in [5.41, 5.74) is -0.940. The van der Waals surface area contributed by atoms with E-state index in [-0.39, 0.29) is 24.0 Å². The smallest absolute Gasteiger partial charge is 0.417 e. The van der Waals surface area contributed by atoms with E-state index in [9.17, 15) is 22.8 Å². The van der Waals surface area contributed by atoms with Crippen LogP contribution in [0.2, 0.25) is 0 Å². The Morgan fingerprint density at radius 3 is 2.46 bits per heavy atom. The van der Waals surface area contributed by atoms with Crippen molar-refractivity contribution >= 4 is 40.0 Å². The van der Waals surface area contributed by atoms with Gasteiger partial charge >= 0.3 is 6.18 Å². The van der Waals surface area contributed by atoms with Crippen molar-refractivity contribution in [2.45, 2.75) is 31.7 Å². The van der Waals surface area contributed by atoms with E-state index in [2.05, 4.69) is 31.0 Å². The number of amides is 2. The zero-order valence-corrected chi connectivity index (χ0v) is 22.3. The quantitative estimate of drug-likeness (QED) is 0.264. The number of carbonyl (C=O) groups is 2. The zero-order chi connectivity index (χ0) is 28.0. The normalized spacial score (nSPS) is 11.3. The zero-order valence-electron chi connectivity index (χ0n) is 20.7. The number of hydrogen-bond donors (Lipinski definition) is 2. The molecule has 39 heavy (non-hydrogen) atoms. The molecule has 2 aromatic heterocycles. The summed E-state index contributed by atoms with van der Waals surface area (Å²) in [6, 6.07) is 11.5. The fourth-order valence-electron chi connectivity index (χ4n) is 3.44. The lowest BCUT2D eigenvalue weighted by molar-refractivity contribution is -0.138. The number of alkyl halides is 3. The number of aryl methyl sites for hydroxylation is 1. The third-order valence-corrected chi connectivity index (χ3v) is 6.78. The molecule has 15 heteroatoms. The molecule has 0 aliphatic rings. The monoisotopic (exact) mass is 577 g/mol. The fraction of sp³-hybridized carbons (Fsp3) is 0.250. The number of ether oxygens (including phenoxy) is 1. The minimum atomic E-state index is -4.69. The summed E-state index contributed by atoms with van der Waals surface area (Å²) in [5.74, 6) is -0.395. The molecule has 204 valence electrons. The van der Waals surface area contributed by atoms with Gasteiger partial charge in [0.25, 0.3) is 5.91 Å². The van der Waals surface area contributed by atoms with Gasteiger partial charge in [-0.2, -0.15) is 13.2 Å². The highest BCUT2D eigenvalue weighted by molar-refractivity contribution is 7.99. The topological polar surface area (TPSA) is 124 Å². The van der Waals surface area contributed by atoms with Crippen molar-refractivity contribution in [2.24, 2.45) is 0 Å². The first-order valence-electron chi connectivity index (χ1n) is 11.5. The van der Waals surface area contributed by atoms with Crippen LogP contribution >= 0.6 is 23.1 Å². The molecule has 0 spiro atoms. The van der Waals surface area contributed by atoms with Gasteiger partial charge in [-0.3, -0.25) is 19.5 Å². The number of hydrogen-bond acceptors (Lipinski definition) is 9. The number of thioether (sulfide) groups is 1. The van der Waals surface area contributed by atoms with Crippen molar-refractivity contribution in [3.05, 3.63) is 70.5 Å². The highest BCUT2D eigenvalue weighted by atomic mass is 32.2. The lowest BCUT2D eigenvalue weighted by atomic mass is 10.1. The van der Waals surface area contributed by atoms with Crippen LogP contribution in [0, 0.1) is 6.92 Å². The van der Waals surface area contributed by atoms with E-state index in [4.69, 9.17) is 4.74 Å². The van der Waals surface area contributed by atoms with Crippen LogP contribution < -0.4 is 15.4 Å². The lowest BCUT2D eigenvalue weighted by Crippen LogP contribution is -2.27. The van der Waals surface area contributed by atoms with Crippen molar-refractivity contribution in [3.63, 3.8) is 0 Å². The van der Waals surface area contributed by atoms with Crippen LogP contribution in [-0.2, 0) is 17.5 Å². The van der Waals surface area contributed by atoms with Crippen molar-refractivity contribution in [3.8, 4) is 11.4 Å². The van der Waals surface area contributed by atoms with Crippen molar-refractivity contribution < 1.29 is 27.5 Å². The number of carbonyl (C=O) groups excluding carboxylic acids is 2. The molecule has 0 fully saturated rings. The third-order valence-electron chi connectivity index (χ3n) is 5.10. The second-order valence-corrected chi connectivity index (χ2v) is 9.97. The van der Waals surface area contributed by atoms with Gasteiger partial charge in [0.05, 0.1) is 30.0 Å². The number of rotatable bonds is 10. The largest absolute Gasteiger partial charge is 0.494 e. The first kappa shape index (κ1) is 28.0. The van der Waals surface area contributed by atoms with Crippen molar-refractivity contribution in [1.29, 1.82) is 0 Å². The molecular weight excluding hydrogens is 555 g/mol. The molecule has 0 unspecified atom stereocenters. The average molecular weight is 578 g/mol. The molecule has 0 aliphatic carbocycles. The molecular formula is C24H22F3N7O3S2. The Bertz CT molecular complexity index is 1460. The van der Waals surface area contributed by atoms with Gasteiger partial charge in [0.15, 0.2) is 11.0 Å². The number of halogens is 3. The summed E-state index contributed by atoms with van der Waals surface area (Å²) < 4.78 is 47.2. The first-order chi connectivity index (χ1) is 18.7. The summed E-state index contributed by atoms with van der Waals surface area (Å²) in [5, 5.41) is 22.6. The number of anilines is 1. The molecule has 0 saturated heterocycles. The summed E-state index contributed by atoms with van der Waals surface area (Å²) in [4.78, 5) is 25.1. The summed E-state index contributed by atoms with van der Waals surface area (Å²) in [6.07, 6.45) is -4.69. The van der Waals surface area contributed by atoms with E-state index in [1.54, 1.807) is 35.8 Å². The summed E-state index contributed by atoms with van der Waals surface area (Å²) >= 11 is 2.33. The van der Waals surface area contributed by atoms with Gasteiger partial charge in [-0.15, -0.1) is 20.4 Å². The lowest BCUT2D eigenvalue weighted by Gasteiger charge is -2.14. The van der Waals surface area contributed by atoms with E-state index in [1.807, 2.05) is 6.92 Å². The molecule has 2 amide bonds. The van der Waals surface area contributed by atoms with Crippen LogP contribution in [0.15, 0.2) is 53.7 Å². The van der Waals surface area contributed by atoms with Crippen LogP contribution in [0.5, 0.6) is 5.75 Å². The van der Waals surface area contributed by atoms with E-state index in [1.165, 1.54) is 23.5 Å². The second-order valence-electron chi connectivity index (χ2n) is 7.85. The minimum absolute atomic E-state index is 0.0287. The predicted octanol–water partition coefficient (Wildman–Crippen LogP) is 4.51. The molecule has 10 nitrogen and oxygen atoms in total. The molecule has 2 aromatic carbocycles. The fourth-order valence-corrected chi connectivity index (χ4v) is 4.82. The van der Waals surface area contributed by atoms with Crippen LogP contribution in [0.4, 0.5) is 18.3 Å². The van der Waals surface area contributed by atoms with Gasteiger partial charge in [0, 0.05) is 5.69 Å². The maximum absolute atomic E-state index is 13.4. The maximum Gasteiger partial charge on any atom is 0.417 e. The molecule has 0 bridgehead atoms. The number of nitrogens with one attached hydrogen (secondary N) is 2. The molecule has 0 radical (unpaired) electrons. The molecule has 4 aromatic rings. The van der Waals surface area contributed by atoms with Gasteiger partial charge in [0.2, 0.25) is 11.0 Å². The van der Waals surface area contributed by atoms with Gasteiger partial charge in [-0.25, -0.2) is 0 Å². The molecule has 0 saturated carbocycles. The summed E-state index contributed by atoms with van der Waals surface area (Å²) in [7, 11) is 0. The van der Waals surface area contributed by atoms with E-state index >= 15 is 0 Å². The number of nitrogens with zero attached hydrogens (tertiary/aromatic N) is 5. The molecule has 0 aliphatic heterocycles. The molecule has 2 heterocycles.